The van der Waals surface area contributed by atoms with Gasteiger partial charge < -0.3 is 20.4 Å². The number of rotatable bonds is 4. The average Bonchev–Trinajstić information content (AvgIpc) is 3.27. The summed E-state index contributed by atoms with van der Waals surface area (Å²) in [5.41, 5.74) is 3.28. The molecular weight excluding hydrogens is 430 g/mol. The number of carbonyl (C=O) groups excluding carboxylic acids is 2. The smallest absolute Gasteiger partial charge is 0.379 e. The molecule has 1 aromatic carbocycles. The lowest BCUT2D eigenvalue weighted by Gasteiger charge is -2.30. The predicted molar refractivity (Wildman–Crippen MR) is 109 cm³/mol. The van der Waals surface area contributed by atoms with E-state index in [9.17, 15) is 27.2 Å². The van der Waals surface area contributed by atoms with Crippen molar-refractivity contribution in [2.45, 2.75) is 45.3 Å². The number of nitrogens with one attached hydrogen (secondary N) is 1. The monoisotopic (exact) mass is 453 g/mol. The Morgan fingerprint density at radius 1 is 1.28 bits per heavy atom. The fraction of sp³-hybridized carbons (Fsp3) is 0.455. The Morgan fingerprint density at radius 2 is 2.00 bits per heavy atom. The van der Waals surface area contributed by atoms with E-state index in [-0.39, 0.29) is 47.1 Å². The van der Waals surface area contributed by atoms with Crippen LogP contribution in [0.3, 0.4) is 0 Å². The average molecular weight is 453 g/mol. The molecule has 4 rings (SSSR count). The number of hydrogen-bond acceptors (Lipinski definition) is 4. The molecule has 6 nitrogen and oxygen atoms in total. The van der Waals surface area contributed by atoms with Crippen LogP contribution in [-0.4, -0.2) is 35.5 Å². The minimum atomic E-state index is -4.75. The third-order valence-electron chi connectivity index (χ3n) is 5.87. The molecule has 1 fully saturated rings. The Hall–Kier alpha value is -2.88. The number of ketones is 1. The van der Waals surface area contributed by atoms with E-state index in [1.165, 1.54) is 10.6 Å². The number of aromatic nitrogens is 1. The molecule has 1 aliphatic carbocycles. The van der Waals surface area contributed by atoms with Crippen LogP contribution in [0.4, 0.5) is 23.2 Å². The van der Waals surface area contributed by atoms with Gasteiger partial charge in [-0.1, -0.05) is 13.8 Å². The minimum absolute atomic E-state index is 0.0173. The molecule has 3 N–H and O–H groups in total. The molecule has 32 heavy (non-hydrogen) atoms. The van der Waals surface area contributed by atoms with Gasteiger partial charge in [0.15, 0.2) is 5.78 Å². The van der Waals surface area contributed by atoms with E-state index in [2.05, 4.69) is 5.32 Å². The minimum Gasteiger partial charge on any atom is -0.379 e. The summed E-state index contributed by atoms with van der Waals surface area (Å²) in [4.78, 5) is 24.5. The molecule has 2 aromatic rings. The van der Waals surface area contributed by atoms with E-state index < -0.39 is 34.7 Å². The summed E-state index contributed by atoms with van der Waals surface area (Å²) in [6, 6.07) is 2.14. The van der Waals surface area contributed by atoms with E-state index >= 15 is 0 Å². The summed E-state index contributed by atoms with van der Waals surface area (Å²) in [6.45, 7) is 4.41. The topological polar surface area (TPSA) is 86.4 Å². The standard InChI is InChI=1S/C22H23F4N3O3/c1-21(2)7-16-18(17(30)8-21)13(22(24,25)26)9-29(16)12-5-14(23)19(20(27)31)15(6-12)28-11-3-4-32-10-11/h5-6,9,11,28H,3-4,7-8,10H2,1-2H3,(H2,27,31). The number of alkyl halides is 3. The van der Waals surface area contributed by atoms with Gasteiger partial charge in [-0.15, -0.1) is 0 Å². The molecule has 1 unspecified atom stereocenters. The molecule has 1 aromatic heterocycles. The van der Waals surface area contributed by atoms with Gasteiger partial charge >= 0.3 is 6.18 Å². The molecular formula is C22H23F4N3O3. The van der Waals surface area contributed by atoms with Gasteiger partial charge in [0.1, 0.15) is 5.82 Å². The third-order valence-corrected chi connectivity index (χ3v) is 5.87. The summed E-state index contributed by atoms with van der Waals surface area (Å²) >= 11 is 0. The fourth-order valence-electron chi connectivity index (χ4n) is 4.48. The summed E-state index contributed by atoms with van der Waals surface area (Å²) < 4.78 is 62.7. The molecule has 2 heterocycles. The van der Waals surface area contributed by atoms with Crippen LogP contribution in [-0.2, 0) is 17.3 Å². The molecule has 172 valence electrons. The Bertz CT molecular complexity index is 1100. The lowest BCUT2D eigenvalue weighted by molar-refractivity contribution is -0.137. The first-order valence-corrected chi connectivity index (χ1v) is 10.2. The Labute approximate surface area is 181 Å². The van der Waals surface area contributed by atoms with E-state index in [0.717, 1.165) is 12.3 Å². The zero-order chi connectivity index (χ0) is 23.4. The normalized spacial score (nSPS) is 20.3. The Balaban J connectivity index is 1.91. The van der Waals surface area contributed by atoms with E-state index in [4.69, 9.17) is 10.5 Å². The first-order chi connectivity index (χ1) is 14.9. The van der Waals surface area contributed by atoms with Crippen LogP contribution in [0.5, 0.6) is 0 Å². The number of hydrogen-bond donors (Lipinski definition) is 2. The van der Waals surface area contributed by atoms with Gasteiger partial charge in [0, 0.05) is 24.9 Å². The van der Waals surface area contributed by atoms with Crippen molar-refractivity contribution in [1.29, 1.82) is 0 Å². The Morgan fingerprint density at radius 3 is 2.59 bits per heavy atom. The molecule has 0 bridgehead atoms. The highest BCUT2D eigenvalue weighted by Crippen LogP contribution is 2.43. The van der Waals surface area contributed by atoms with Gasteiger partial charge in [0.05, 0.1) is 40.7 Å². The zero-order valence-corrected chi connectivity index (χ0v) is 17.6. The van der Waals surface area contributed by atoms with Crippen molar-refractivity contribution >= 4 is 17.4 Å². The van der Waals surface area contributed by atoms with Crippen LogP contribution in [0.15, 0.2) is 18.3 Å². The number of nitrogens with two attached hydrogens (primary N) is 1. The molecule has 2 aliphatic rings. The van der Waals surface area contributed by atoms with E-state index in [1.54, 1.807) is 13.8 Å². The number of anilines is 1. The number of ether oxygens (including phenoxy) is 1. The highest BCUT2D eigenvalue weighted by atomic mass is 19.4. The lowest BCUT2D eigenvalue weighted by Crippen LogP contribution is -2.29. The second-order valence-electron chi connectivity index (χ2n) is 9.09. The summed E-state index contributed by atoms with van der Waals surface area (Å²) in [5.74, 6) is -2.57. The Kier molecular flexibility index (Phi) is 5.31. The molecule has 0 saturated carbocycles. The highest BCUT2D eigenvalue weighted by Gasteiger charge is 2.43. The maximum absolute atomic E-state index is 14.9. The number of nitrogens with zero attached hydrogens (tertiary/aromatic N) is 1. The molecule has 1 amide bonds. The van der Waals surface area contributed by atoms with Crippen molar-refractivity contribution in [3.63, 3.8) is 0 Å². The van der Waals surface area contributed by atoms with Gasteiger partial charge in [-0.25, -0.2) is 4.39 Å². The van der Waals surface area contributed by atoms with E-state index in [0.29, 0.717) is 19.6 Å². The fourth-order valence-corrected chi connectivity index (χ4v) is 4.48. The van der Waals surface area contributed by atoms with Crippen LogP contribution in [0, 0.1) is 11.2 Å². The molecule has 10 heteroatoms. The first kappa shape index (κ1) is 22.3. The largest absolute Gasteiger partial charge is 0.418 e. The van der Waals surface area contributed by atoms with Gasteiger partial charge in [0.25, 0.3) is 5.91 Å². The van der Waals surface area contributed by atoms with Crippen LogP contribution >= 0.6 is 0 Å². The number of carbonyl (C=O) groups is 2. The maximum atomic E-state index is 14.9. The molecule has 1 atom stereocenters. The van der Waals surface area contributed by atoms with Crippen molar-refractivity contribution in [3.8, 4) is 5.69 Å². The lowest BCUT2D eigenvalue weighted by atomic mass is 9.75. The summed E-state index contributed by atoms with van der Waals surface area (Å²) in [6.07, 6.45) is -3.13. The zero-order valence-electron chi connectivity index (χ0n) is 17.6. The molecule has 0 radical (unpaired) electrons. The van der Waals surface area contributed by atoms with Gasteiger partial charge in [0.2, 0.25) is 0 Å². The second-order valence-corrected chi connectivity index (χ2v) is 9.09. The van der Waals surface area contributed by atoms with E-state index in [1.807, 2.05) is 0 Å². The number of halogens is 4. The molecule has 1 aliphatic heterocycles. The highest BCUT2D eigenvalue weighted by molar-refractivity contribution is 6.01. The first-order valence-electron chi connectivity index (χ1n) is 10.2. The SMILES string of the molecule is CC1(C)CC(=O)c2c(C(F)(F)F)cn(-c3cc(F)c(C(N)=O)c(NC4CCOC4)c3)c2C1. The second kappa shape index (κ2) is 7.61. The predicted octanol–water partition coefficient (Wildman–Crippen LogP) is 4.09. The van der Waals surface area contributed by atoms with Crippen molar-refractivity contribution in [2.75, 3.05) is 18.5 Å². The number of fused-ring (bicyclic) bond motifs is 1. The number of Topliss-reactive ketones (excluding diaryl/α,β-unsaturated/α-hetero) is 1. The van der Waals surface area contributed by atoms with Crippen molar-refractivity contribution in [2.24, 2.45) is 11.1 Å². The van der Waals surface area contributed by atoms with Crippen molar-refractivity contribution < 1.29 is 31.9 Å². The summed E-state index contributed by atoms with van der Waals surface area (Å²) in [5, 5.41) is 3.02. The van der Waals surface area contributed by atoms with Crippen molar-refractivity contribution in [3.05, 3.63) is 46.5 Å². The number of primary amides is 1. The van der Waals surface area contributed by atoms with Crippen LogP contribution in [0.1, 0.15) is 58.7 Å². The van der Waals surface area contributed by atoms with Gasteiger partial charge in [-0.3, -0.25) is 9.59 Å². The van der Waals surface area contributed by atoms with Crippen LogP contribution in [0.2, 0.25) is 0 Å². The van der Waals surface area contributed by atoms with Gasteiger partial charge in [-0.2, -0.15) is 13.2 Å². The number of amides is 1. The van der Waals surface area contributed by atoms with Crippen LogP contribution in [0.25, 0.3) is 5.69 Å². The summed E-state index contributed by atoms with van der Waals surface area (Å²) in [7, 11) is 0. The molecule has 1 saturated heterocycles. The molecule has 0 spiro atoms. The maximum Gasteiger partial charge on any atom is 0.418 e. The van der Waals surface area contributed by atoms with Crippen molar-refractivity contribution in [1.82, 2.24) is 4.57 Å². The van der Waals surface area contributed by atoms with Gasteiger partial charge in [-0.05, 0) is 30.4 Å². The third kappa shape index (κ3) is 3.99. The quantitative estimate of drug-likeness (QED) is 0.683. The number of benzene rings is 1. The van der Waals surface area contributed by atoms with Crippen LogP contribution < -0.4 is 11.1 Å².